The zero-order valence-electron chi connectivity index (χ0n) is 20.0. The summed E-state index contributed by atoms with van der Waals surface area (Å²) >= 11 is 1.75. The summed E-state index contributed by atoms with van der Waals surface area (Å²) in [6.45, 7) is 6.48. The van der Waals surface area contributed by atoms with Gasteiger partial charge in [0.05, 0.1) is 36.1 Å². The number of ether oxygens (including phenoxy) is 2. The average molecular weight is 574 g/mol. The molecular weight excluding hydrogens is 548 g/mol. The molecule has 212 valence electrons. The second-order valence-corrected chi connectivity index (χ2v) is 9.36. The minimum atomic E-state index is -5.08. The Hall–Kier alpha value is -2.82. The van der Waals surface area contributed by atoms with E-state index in [0.29, 0.717) is 13.2 Å². The van der Waals surface area contributed by atoms with E-state index < -0.39 is 24.3 Å². The topological polar surface area (TPSA) is 122 Å². The molecule has 0 saturated carbocycles. The molecule has 0 aliphatic carbocycles. The summed E-state index contributed by atoms with van der Waals surface area (Å²) in [5.41, 5.74) is 4.20. The molecule has 2 N–H and O–H groups in total. The van der Waals surface area contributed by atoms with Crippen molar-refractivity contribution in [1.82, 2.24) is 14.9 Å². The average Bonchev–Trinajstić information content (AvgIpc) is 3.54. The molecule has 2 aromatic rings. The Bertz CT molecular complexity index is 1030. The molecule has 0 amide bonds. The van der Waals surface area contributed by atoms with E-state index in [1.54, 1.807) is 17.5 Å². The summed E-state index contributed by atoms with van der Waals surface area (Å²) < 4.78 is 75.7. The fourth-order valence-electron chi connectivity index (χ4n) is 3.64. The summed E-state index contributed by atoms with van der Waals surface area (Å²) in [6, 6.07) is 3.99. The summed E-state index contributed by atoms with van der Waals surface area (Å²) in [5, 5.41) is 14.2. The number of halogens is 6. The smallest absolute Gasteiger partial charge is 0.475 e. The Morgan fingerprint density at radius 2 is 1.84 bits per heavy atom. The van der Waals surface area contributed by atoms with Crippen LogP contribution >= 0.6 is 11.3 Å². The number of aryl methyl sites for hydroxylation is 1. The van der Waals surface area contributed by atoms with E-state index >= 15 is 0 Å². The van der Waals surface area contributed by atoms with Crippen LogP contribution in [0.25, 0.3) is 0 Å². The van der Waals surface area contributed by atoms with Crippen LogP contribution < -0.4 is 0 Å². The van der Waals surface area contributed by atoms with Crippen LogP contribution in [-0.4, -0.2) is 80.8 Å². The third kappa shape index (κ3) is 10.2. The number of carboxylic acids is 2. The third-order valence-electron chi connectivity index (χ3n) is 5.48. The van der Waals surface area contributed by atoms with Gasteiger partial charge in [-0.1, -0.05) is 6.07 Å². The maximum absolute atomic E-state index is 10.6. The van der Waals surface area contributed by atoms with Crippen molar-refractivity contribution in [3.8, 4) is 0 Å². The van der Waals surface area contributed by atoms with Gasteiger partial charge < -0.3 is 19.7 Å². The number of carboxylic acid groups (broad SMARTS) is 2. The first-order valence-electron chi connectivity index (χ1n) is 11.0. The number of thiazole rings is 1. The molecule has 0 radical (unpaired) electrons. The van der Waals surface area contributed by atoms with Gasteiger partial charge in [0.1, 0.15) is 0 Å². The van der Waals surface area contributed by atoms with Gasteiger partial charge in [-0.2, -0.15) is 26.3 Å². The van der Waals surface area contributed by atoms with Crippen LogP contribution in [0.5, 0.6) is 0 Å². The van der Waals surface area contributed by atoms with Gasteiger partial charge in [0, 0.05) is 43.3 Å². The summed E-state index contributed by atoms with van der Waals surface area (Å²) in [7, 11) is 0. The van der Waals surface area contributed by atoms with Crippen molar-refractivity contribution in [2.75, 3.05) is 19.7 Å². The quantitative estimate of drug-likeness (QED) is 0.510. The molecule has 2 saturated heterocycles. The van der Waals surface area contributed by atoms with E-state index in [9.17, 15) is 26.3 Å². The summed E-state index contributed by atoms with van der Waals surface area (Å²) in [4.78, 5) is 30.1. The lowest BCUT2D eigenvalue weighted by Crippen LogP contribution is -2.32. The van der Waals surface area contributed by atoms with E-state index in [-0.39, 0.29) is 11.7 Å². The number of rotatable bonds is 5. The minimum Gasteiger partial charge on any atom is -0.475 e. The molecule has 0 aromatic carbocycles. The predicted molar refractivity (Wildman–Crippen MR) is 120 cm³/mol. The van der Waals surface area contributed by atoms with Gasteiger partial charge >= 0.3 is 24.3 Å². The number of aromatic nitrogens is 2. The highest BCUT2D eigenvalue weighted by Gasteiger charge is 2.46. The van der Waals surface area contributed by atoms with Crippen molar-refractivity contribution in [1.29, 1.82) is 0 Å². The van der Waals surface area contributed by atoms with Gasteiger partial charge in [0.2, 0.25) is 0 Å². The summed E-state index contributed by atoms with van der Waals surface area (Å²) in [6.07, 6.45) is -4.24. The van der Waals surface area contributed by atoms with Gasteiger partial charge in [-0.15, -0.1) is 11.3 Å². The molecule has 2 atom stereocenters. The van der Waals surface area contributed by atoms with Crippen LogP contribution in [0.1, 0.15) is 29.0 Å². The van der Waals surface area contributed by atoms with Crippen molar-refractivity contribution in [2.45, 2.75) is 57.0 Å². The predicted octanol–water partition coefficient (Wildman–Crippen LogP) is 4.06. The lowest BCUT2D eigenvalue weighted by molar-refractivity contribution is -0.193. The van der Waals surface area contributed by atoms with Crippen LogP contribution in [-0.2, 0) is 32.2 Å². The number of hydrogen-bond donors (Lipinski definition) is 2. The number of likely N-dealkylation sites (tertiary alicyclic amines) is 1. The monoisotopic (exact) mass is 573 g/mol. The fourth-order valence-corrected chi connectivity index (χ4v) is 4.45. The lowest BCUT2D eigenvalue weighted by Gasteiger charge is -2.23. The summed E-state index contributed by atoms with van der Waals surface area (Å²) in [5.74, 6) is -5.51. The van der Waals surface area contributed by atoms with Crippen molar-refractivity contribution in [2.24, 2.45) is 0 Å². The molecule has 38 heavy (non-hydrogen) atoms. The molecular formula is C22H25F6N3O6S. The highest BCUT2D eigenvalue weighted by atomic mass is 32.1. The third-order valence-corrected chi connectivity index (χ3v) is 6.40. The van der Waals surface area contributed by atoms with Gasteiger partial charge in [-0.3, -0.25) is 9.88 Å². The van der Waals surface area contributed by atoms with Crippen molar-refractivity contribution < 1.29 is 55.6 Å². The molecule has 0 unspecified atom stereocenters. The van der Waals surface area contributed by atoms with E-state index in [0.717, 1.165) is 43.7 Å². The van der Waals surface area contributed by atoms with E-state index in [2.05, 4.69) is 21.8 Å². The standard InChI is InChI=1S/C18H23N3O2S.2C2HF3O2/c1-14-17(24-13-20-14)9-21-6-4-18(12-21)7-16(11-23-18)22-10-15-3-2-5-19-8-15;2*3-2(4,5)1(6)7/h2-3,5,8,13,16H,4,6-7,9-12H2,1H3;2*(H,6,7)/t16-,18-;;/m0../s1. The van der Waals surface area contributed by atoms with Gasteiger partial charge in [-0.05, 0) is 25.0 Å². The lowest BCUT2D eigenvalue weighted by atomic mass is 9.98. The van der Waals surface area contributed by atoms with Crippen LogP contribution in [0.4, 0.5) is 26.3 Å². The van der Waals surface area contributed by atoms with Gasteiger partial charge in [0.15, 0.2) is 0 Å². The van der Waals surface area contributed by atoms with Crippen molar-refractivity contribution >= 4 is 23.3 Å². The van der Waals surface area contributed by atoms with Crippen molar-refractivity contribution in [3.63, 3.8) is 0 Å². The van der Waals surface area contributed by atoms with Crippen LogP contribution in [0, 0.1) is 6.92 Å². The Kier molecular flexibility index (Phi) is 11.0. The number of pyridine rings is 1. The minimum absolute atomic E-state index is 0.0157. The molecule has 2 fully saturated rings. The number of aliphatic carboxylic acids is 2. The van der Waals surface area contributed by atoms with Gasteiger partial charge in [0.25, 0.3) is 0 Å². The van der Waals surface area contributed by atoms with Crippen molar-refractivity contribution in [3.05, 3.63) is 46.2 Å². The largest absolute Gasteiger partial charge is 0.490 e. The van der Waals surface area contributed by atoms with Crippen LogP contribution in [0.3, 0.4) is 0 Å². The molecule has 9 nitrogen and oxygen atoms in total. The first kappa shape index (κ1) is 31.4. The Morgan fingerprint density at radius 1 is 1.21 bits per heavy atom. The first-order valence-corrected chi connectivity index (χ1v) is 11.9. The van der Waals surface area contributed by atoms with Crippen LogP contribution in [0.2, 0.25) is 0 Å². The Balaban J connectivity index is 0.000000301. The first-order chi connectivity index (χ1) is 17.6. The SMILES string of the molecule is Cc1ncsc1CN1CC[C@]2(C[C@H](OCc3cccnc3)CO2)C1.O=C(O)C(F)(F)F.O=C(O)C(F)(F)F. The molecule has 4 rings (SSSR count). The van der Waals surface area contributed by atoms with Crippen LogP contribution in [0.15, 0.2) is 30.0 Å². The molecule has 2 aliphatic rings. The normalized spacial score (nSPS) is 21.4. The van der Waals surface area contributed by atoms with E-state index in [1.807, 2.05) is 23.8 Å². The maximum atomic E-state index is 10.6. The second-order valence-electron chi connectivity index (χ2n) is 8.42. The molecule has 16 heteroatoms. The zero-order valence-corrected chi connectivity index (χ0v) is 20.8. The van der Waals surface area contributed by atoms with E-state index in [1.165, 1.54) is 4.88 Å². The van der Waals surface area contributed by atoms with Gasteiger partial charge in [-0.25, -0.2) is 14.6 Å². The molecule has 1 spiro atoms. The number of nitrogens with zero attached hydrogens (tertiary/aromatic N) is 3. The molecule has 4 heterocycles. The Labute approximate surface area is 217 Å². The van der Waals surface area contributed by atoms with E-state index in [4.69, 9.17) is 29.3 Å². The molecule has 0 bridgehead atoms. The fraction of sp³-hybridized carbons (Fsp3) is 0.545. The molecule has 2 aliphatic heterocycles. The number of alkyl halides is 6. The highest BCUT2D eigenvalue weighted by Crippen LogP contribution is 2.37. The maximum Gasteiger partial charge on any atom is 0.490 e. The molecule has 2 aromatic heterocycles. The number of carbonyl (C=O) groups is 2. The number of hydrogen-bond acceptors (Lipinski definition) is 8. The highest BCUT2D eigenvalue weighted by molar-refractivity contribution is 7.09. The zero-order chi connectivity index (χ0) is 28.6. The Morgan fingerprint density at radius 3 is 2.34 bits per heavy atom. The second kappa shape index (κ2) is 13.3.